The number of likely N-dealkylation sites (N-methyl/N-ethyl adjacent to an activating group) is 1. The lowest BCUT2D eigenvalue weighted by atomic mass is 9.99. The summed E-state index contributed by atoms with van der Waals surface area (Å²) in [4.78, 5) is 132. The SMILES string of the molecule is CN[C@@H](CCC(N)=O)C(=O)N[C@@H](CCC(N)=O)C(=O)N[C@@H](CCCNC(=N)N)C(=O)N[C@@H](CCCCN)C(=O)N[C@@H](CC(C)C)C(=O)N[C@@H](CC(C)C)C(=O)N[C@@H](CCCCN)C(=O)N[C@@H](CO)C(N)=O. The molecule has 406 valence electrons. The van der Waals surface area contributed by atoms with Crippen molar-refractivity contribution >= 4 is 65.0 Å². The molecule has 0 aromatic heterocycles. The molecule has 0 unspecified atom stereocenters. The Morgan fingerprint density at radius 2 is 0.761 bits per heavy atom. The van der Waals surface area contributed by atoms with Crippen LogP contribution in [0.15, 0.2) is 0 Å². The first-order valence-electron chi connectivity index (χ1n) is 24.2. The van der Waals surface area contributed by atoms with Gasteiger partial charge in [-0.25, -0.2) is 0 Å². The zero-order valence-electron chi connectivity index (χ0n) is 42.0. The monoisotopic (exact) mass is 1010 g/mol. The fraction of sp³-hybridized carbons (Fsp3) is 0.750. The van der Waals surface area contributed by atoms with E-state index in [2.05, 4.69) is 47.9 Å². The lowest BCUT2D eigenvalue weighted by molar-refractivity contribution is -0.136. The minimum atomic E-state index is -1.42. The maximum atomic E-state index is 14.2. The number of carbonyl (C=O) groups is 10. The normalized spacial score (nSPS) is 14.5. The predicted octanol–water partition coefficient (Wildman–Crippen LogP) is -5.41. The number of hydrogen-bond donors (Lipinski definition) is 17. The Morgan fingerprint density at radius 1 is 0.451 bits per heavy atom. The molecule has 27 nitrogen and oxygen atoms in total. The van der Waals surface area contributed by atoms with E-state index in [0.717, 1.165) is 0 Å². The molecule has 27 heteroatoms. The number of hydrogen-bond acceptors (Lipinski definition) is 15. The first kappa shape index (κ1) is 64.8. The van der Waals surface area contributed by atoms with E-state index in [1.807, 2.05) is 0 Å². The van der Waals surface area contributed by atoms with Crippen LogP contribution in [-0.2, 0) is 47.9 Å². The molecule has 71 heavy (non-hydrogen) atoms. The van der Waals surface area contributed by atoms with E-state index in [4.69, 9.17) is 39.8 Å². The Kier molecular flexibility index (Phi) is 32.7. The number of unbranched alkanes of at least 4 members (excludes halogenated alkanes) is 2. The molecule has 0 aromatic carbocycles. The van der Waals surface area contributed by atoms with Crippen molar-refractivity contribution in [2.24, 2.45) is 46.2 Å². The number of carbonyl (C=O) groups excluding carboxylic acids is 10. The van der Waals surface area contributed by atoms with Gasteiger partial charge in [-0.3, -0.25) is 53.4 Å². The molecule has 0 bridgehead atoms. The van der Waals surface area contributed by atoms with Gasteiger partial charge in [-0.15, -0.1) is 0 Å². The molecule has 10 amide bonds. The van der Waals surface area contributed by atoms with Crippen molar-refractivity contribution in [3.63, 3.8) is 0 Å². The van der Waals surface area contributed by atoms with Crippen molar-refractivity contribution in [3.8, 4) is 0 Å². The number of aliphatic hydroxyl groups excluding tert-OH is 1. The van der Waals surface area contributed by atoms with E-state index in [-0.39, 0.29) is 95.1 Å². The molecule has 8 atom stereocenters. The fourth-order valence-corrected chi connectivity index (χ4v) is 7.09. The quantitative estimate of drug-likeness (QED) is 0.0155. The largest absolute Gasteiger partial charge is 0.394 e. The van der Waals surface area contributed by atoms with Crippen molar-refractivity contribution in [2.45, 2.75) is 166 Å². The molecule has 23 N–H and O–H groups in total. The molecule has 0 spiro atoms. The molecule has 0 heterocycles. The van der Waals surface area contributed by atoms with Crippen LogP contribution in [0.5, 0.6) is 0 Å². The third kappa shape index (κ3) is 28.3. The average Bonchev–Trinajstić information content (AvgIpc) is 3.28. The summed E-state index contributed by atoms with van der Waals surface area (Å²) in [6.07, 6.45) is 1.31. The highest BCUT2D eigenvalue weighted by atomic mass is 16.3. The van der Waals surface area contributed by atoms with Gasteiger partial charge in [0, 0.05) is 19.4 Å². The number of primary amides is 3. The zero-order chi connectivity index (χ0) is 54.2. The first-order chi connectivity index (χ1) is 33.4. The first-order valence-corrected chi connectivity index (χ1v) is 24.2. The molecular weight excluding hydrogens is 929 g/mol. The number of amides is 10. The van der Waals surface area contributed by atoms with Crippen molar-refractivity contribution in [2.75, 3.05) is 33.3 Å². The highest BCUT2D eigenvalue weighted by Crippen LogP contribution is 2.13. The van der Waals surface area contributed by atoms with E-state index < -0.39 is 114 Å². The van der Waals surface area contributed by atoms with E-state index in [0.29, 0.717) is 32.2 Å². The Bertz CT molecular complexity index is 1750. The summed E-state index contributed by atoms with van der Waals surface area (Å²) in [5.41, 5.74) is 32.7. The second-order valence-corrected chi connectivity index (χ2v) is 18.2. The summed E-state index contributed by atoms with van der Waals surface area (Å²) >= 11 is 0. The van der Waals surface area contributed by atoms with Crippen molar-refractivity contribution in [3.05, 3.63) is 0 Å². The van der Waals surface area contributed by atoms with Gasteiger partial charge < -0.3 is 87.4 Å². The van der Waals surface area contributed by atoms with Gasteiger partial charge in [0.2, 0.25) is 59.1 Å². The maximum Gasteiger partial charge on any atom is 0.243 e. The highest BCUT2D eigenvalue weighted by Gasteiger charge is 2.35. The summed E-state index contributed by atoms with van der Waals surface area (Å²) in [5, 5.41) is 40.6. The number of nitrogens with one attached hydrogen (secondary N) is 10. The van der Waals surface area contributed by atoms with Crippen LogP contribution in [0.1, 0.15) is 118 Å². The van der Waals surface area contributed by atoms with Crippen LogP contribution in [0, 0.1) is 17.2 Å². The Morgan fingerprint density at radius 3 is 1.07 bits per heavy atom. The Balaban J connectivity index is 6.80. The maximum absolute atomic E-state index is 14.2. The number of nitrogens with two attached hydrogens (primary N) is 6. The van der Waals surface area contributed by atoms with E-state index in [1.54, 1.807) is 27.7 Å². The topological polar surface area (TPSA) is 479 Å². The summed E-state index contributed by atoms with van der Waals surface area (Å²) in [6, 6.07) is -10.1. The standard InChI is InChI=1S/C44H84N16O11/c1-24(2)21-31(42(70)56-28(12-7-9-19-46)40(68)60-33(23-61)36(49)64)59-43(71)32(22-25(3)4)58-39(67)27(11-6-8-18-45)54-38(66)29(13-10-20-53-44(50)51)55-41(69)30(15-17-35(48)63)57-37(65)26(52-5)14-16-34(47)62/h24-33,52,61H,6-23,45-46H2,1-5H3,(H2,47,62)(H2,48,63)(H2,49,64)(H,54,66)(H,55,69)(H,56,70)(H,57,65)(H,58,67)(H,59,71)(H,60,68)(H4,50,51,53)/t26-,27-,28-,29-,30-,31-,32-,33-/m0/s1. The van der Waals surface area contributed by atoms with Crippen LogP contribution in [0.25, 0.3) is 0 Å². The molecule has 0 rings (SSSR count). The summed E-state index contributed by atoms with van der Waals surface area (Å²) in [7, 11) is 1.46. The summed E-state index contributed by atoms with van der Waals surface area (Å²) in [5.74, 6) is -8.64. The third-order valence-electron chi connectivity index (χ3n) is 11.0. The van der Waals surface area contributed by atoms with Crippen LogP contribution in [0.2, 0.25) is 0 Å². The lowest BCUT2D eigenvalue weighted by Gasteiger charge is -2.29. The average molecular weight is 1010 g/mol. The second-order valence-electron chi connectivity index (χ2n) is 18.2. The molecule has 0 aliphatic carbocycles. The van der Waals surface area contributed by atoms with Crippen molar-refractivity contribution in [1.82, 2.24) is 47.9 Å². The number of aliphatic hydroxyl groups is 1. The Labute approximate surface area is 416 Å². The van der Waals surface area contributed by atoms with Gasteiger partial charge in [0.1, 0.15) is 42.3 Å². The summed E-state index contributed by atoms with van der Waals surface area (Å²) in [6.45, 7) is 7.08. The molecule has 0 fully saturated rings. The van der Waals surface area contributed by atoms with Gasteiger partial charge in [0.25, 0.3) is 0 Å². The van der Waals surface area contributed by atoms with E-state index in [1.165, 1.54) is 7.05 Å². The van der Waals surface area contributed by atoms with Crippen molar-refractivity contribution in [1.29, 1.82) is 5.41 Å². The zero-order valence-corrected chi connectivity index (χ0v) is 42.0. The van der Waals surface area contributed by atoms with Gasteiger partial charge >= 0.3 is 0 Å². The molecule has 0 saturated carbocycles. The van der Waals surface area contributed by atoms with Crippen LogP contribution >= 0.6 is 0 Å². The number of rotatable bonds is 39. The molecule has 0 saturated heterocycles. The Hall–Kier alpha value is -6.19. The van der Waals surface area contributed by atoms with Crippen molar-refractivity contribution < 1.29 is 53.1 Å². The molecule has 0 aromatic rings. The lowest BCUT2D eigenvalue weighted by Crippen LogP contribution is -2.60. The van der Waals surface area contributed by atoms with Gasteiger partial charge in [0.05, 0.1) is 12.6 Å². The number of guanidine groups is 1. The molecular formula is C44H84N16O11. The minimum Gasteiger partial charge on any atom is -0.394 e. The van der Waals surface area contributed by atoms with Gasteiger partial charge in [-0.2, -0.15) is 0 Å². The van der Waals surface area contributed by atoms with Gasteiger partial charge in [0.15, 0.2) is 5.96 Å². The highest BCUT2D eigenvalue weighted by molar-refractivity contribution is 5.98. The second kappa shape index (κ2) is 35.8. The predicted molar refractivity (Wildman–Crippen MR) is 263 cm³/mol. The van der Waals surface area contributed by atoms with Gasteiger partial charge in [-0.1, -0.05) is 27.7 Å². The third-order valence-corrected chi connectivity index (χ3v) is 11.0. The minimum absolute atomic E-state index is 0.0124. The van der Waals surface area contributed by atoms with Crippen LogP contribution in [0.4, 0.5) is 0 Å². The van der Waals surface area contributed by atoms with Gasteiger partial charge in [-0.05, 0) is 109 Å². The molecule has 0 aliphatic rings. The van der Waals surface area contributed by atoms with Crippen LogP contribution in [-0.4, -0.2) is 152 Å². The van der Waals surface area contributed by atoms with E-state index in [9.17, 15) is 53.1 Å². The van der Waals surface area contributed by atoms with Crippen LogP contribution in [0.3, 0.4) is 0 Å². The van der Waals surface area contributed by atoms with E-state index >= 15 is 0 Å². The summed E-state index contributed by atoms with van der Waals surface area (Å²) < 4.78 is 0. The fourth-order valence-electron chi connectivity index (χ4n) is 7.09. The molecule has 0 aliphatic heterocycles. The smallest absolute Gasteiger partial charge is 0.243 e. The van der Waals surface area contributed by atoms with Crippen LogP contribution < -0.4 is 82.3 Å². The molecule has 0 radical (unpaired) electrons.